The van der Waals surface area contributed by atoms with Crippen LogP contribution in [-0.2, 0) is 4.74 Å². The standard InChI is InChI=1S/C7H13ClN2O/c1-6(11-3)4-5-10(2)7(8)9/h4-5,7H,1,9H2,2-3H3/b5-4-. The van der Waals surface area contributed by atoms with Gasteiger partial charge in [-0.05, 0) is 6.08 Å². The Hall–Kier alpha value is -0.670. The highest BCUT2D eigenvalue weighted by atomic mass is 35.5. The number of alkyl halides is 1. The number of hydrogen-bond donors (Lipinski definition) is 1. The van der Waals surface area contributed by atoms with E-state index in [2.05, 4.69) is 6.58 Å². The molecule has 0 fully saturated rings. The van der Waals surface area contributed by atoms with Crippen LogP contribution in [0, 0.1) is 0 Å². The first-order valence-electron chi connectivity index (χ1n) is 3.10. The lowest BCUT2D eigenvalue weighted by molar-refractivity contribution is 0.306. The van der Waals surface area contributed by atoms with E-state index in [9.17, 15) is 0 Å². The summed E-state index contributed by atoms with van der Waals surface area (Å²) in [5.41, 5.74) is 4.82. The van der Waals surface area contributed by atoms with E-state index in [1.54, 1.807) is 31.3 Å². The minimum Gasteiger partial charge on any atom is -0.497 e. The third kappa shape index (κ3) is 4.70. The SMILES string of the molecule is C=C(/C=C\N(C)C(N)Cl)OC. The molecule has 4 heteroatoms. The van der Waals surface area contributed by atoms with Crippen LogP contribution >= 0.6 is 11.6 Å². The van der Waals surface area contributed by atoms with E-state index >= 15 is 0 Å². The molecule has 0 amide bonds. The molecule has 0 radical (unpaired) electrons. The smallest absolute Gasteiger partial charge is 0.154 e. The van der Waals surface area contributed by atoms with Crippen molar-refractivity contribution in [1.82, 2.24) is 4.90 Å². The Morgan fingerprint density at radius 3 is 2.73 bits per heavy atom. The predicted molar refractivity (Wildman–Crippen MR) is 46.9 cm³/mol. The summed E-state index contributed by atoms with van der Waals surface area (Å²) in [4.78, 5) is 1.63. The lowest BCUT2D eigenvalue weighted by Crippen LogP contribution is -2.29. The molecule has 11 heavy (non-hydrogen) atoms. The van der Waals surface area contributed by atoms with Crippen molar-refractivity contribution in [2.45, 2.75) is 5.62 Å². The van der Waals surface area contributed by atoms with Crippen molar-refractivity contribution < 1.29 is 4.74 Å². The maximum atomic E-state index is 5.54. The second-order valence-corrected chi connectivity index (χ2v) is 2.47. The molecule has 0 aliphatic carbocycles. The first kappa shape index (κ1) is 10.3. The van der Waals surface area contributed by atoms with Crippen LogP contribution in [-0.4, -0.2) is 24.7 Å². The minimum atomic E-state index is -0.518. The van der Waals surface area contributed by atoms with Crippen molar-refractivity contribution in [1.29, 1.82) is 0 Å². The molecule has 0 aliphatic heterocycles. The predicted octanol–water partition coefficient (Wildman–Crippen LogP) is 1.07. The molecule has 0 aliphatic rings. The third-order valence-corrected chi connectivity index (χ3v) is 1.45. The second-order valence-electron chi connectivity index (χ2n) is 2.02. The van der Waals surface area contributed by atoms with Gasteiger partial charge in [0.15, 0.2) is 5.62 Å². The summed E-state index contributed by atoms with van der Waals surface area (Å²) in [5.74, 6) is 0.564. The summed E-state index contributed by atoms with van der Waals surface area (Å²) in [6.07, 6.45) is 3.38. The Kier molecular flexibility index (Phi) is 4.74. The van der Waals surface area contributed by atoms with Crippen LogP contribution in [0.3, 0.4) is 0 Å². The summed E-state index contributed by atoms with van der Waals surface area (Å²) < 4.78 is 4.79. The number of allylic oxidation sites excluding steroid dienone is 1. The van der Waals surface area contributed by atoms with Gasteiger partial charge in [-0.1, -0.05) is 18.2 Å². The molecule has 2 N–H and O–H groups in total. The fraction of sp³-hybridized carbons (Fsp3) is 0.429. The topological polar surface area (TPSA) is 38.5 Å². The van der Waals surface area contributed by atoms with Gasteiger partial charge in [-0.15, -0.1) is 0 Å². The van der Waals surface area contributed by atoms with Crippen LogP contribution in [0.5, 0.6) is 0 Å². The van der Waals surface area contributed by atoms with Gasteiger partial charge in [0.25, 0.3) is 0 Å². The van der Waals surface area contributed by atoms with Gasteiger partial charge in [0.2, 0.25) is 0 Å². The fourth-order valence-corrected chi connectivity index (χ4v) is 0.416. The highest BCUT2D eigenvalue weighted by Gasteiger charge is 1.97. The van der Waals surface area contributed by atoms with Crippen molar-refractivity contribution in [3.63, 3.8) is 0 Å². The van der Waals surface area contributed by atoms with Gasteiger partial charge >= 0.3 is 0 Å². The molecular weight excluding hydrogens is 164 g/mol. The van der Waals surface area contributed by atoms with Crippen molar-refractivity contribution >= 4 is 11.6 Å². The maximum Gasteiger partial charge on any atom is 0.154 e. The quantitative estimate of drug-likeness (QED) is 0.229. The Labute approximate surface area is 72.1 Å². The van der Waals surface area contributed by atoms with Gasteiger partial charge in [0.1, 0.15) is 5.76 Å². The Morgan fingerprint density at radius 1 is 1.82 bits per heavy atom. The number of ether oxygens (including phenoxy) is 1. The monoisotopic (exact) mass is 176 g/mol. The Morgan fingerprint density at radius 2 is 2.36 bits per heavy atom. The van der Waals surface area contributed by atoms with E-state index < -0.39 is 5.62 Å². The molecule has 3 nitrogen and oxygen atoms in total. The van der Waals surface area contributed by atoms with Crippen LogP contribution in [0.4, 0.5) is 0 Å². The van der Waals surface area contributed by atoms with Gasteiger partial charge in [-0.25, -0.2) is 0 Å². The van der Waals surface area contributed by atoms with Crippen molar-refractivity contribution in [2.24, 2.45) is 5.73 Å². The van der Waals surface area contributed by atoms with Gasteiger partial charge in [-0.2, -0.15) is 0 Å². The zero-order valence-corrected chi connectivity index (χ0v) is 7.51. The summed E-state index contributed by atoms with van der Waals surface area (Å²) in [7, 11) is 3.31. The van der Waals surface area contributed by atoms with Crippen molar-refractivity contribution in [3.05, 3.63) is 24.6 Å². The van der Waals surface area contributed by atoms with Crippen molar-refractivity contribution in [2.75, 3.05) is 14.2 Å². The first-order chi connectivity index (χ1) is 5.07. The molecule has 0 aromatic rings. The molecule has 0 heterocycles. The van der Waals surface area contributed by atoms with Crippen LogP contribution in [0.1, 0.15) is 0 Å². The number of halogens is 1. The third-order valence-electron chi connectivity index (χ3n) is 1.15. The van der Waals surface area contributed by atoms with E-state index in [4.69, 9.17) is 22.1 Å². The zero-order valence-electron chi connectivity index (χ0n) is 6.75. The summed E-state index contributed by atoms with van der Waals surface area (Å²) in [6.45, 7) is 3.58. The summed E-state index contributed by atoms with van der Waals surface area (Å²) >= 11 is 5.54. The summed E-state index contributed by atoms with van der Waals surface area (Å²) in [5, 5.41) is 0. The van der Waals surface area contributed by atoms with Crippen LogP contribution in [0.15, 0.2) is 24.6 Å². The molecule has 0 rings (SSSR count). The first-order valence-corrected chi connectivity index (χ1v) is 3.54. The molecule has 1 unspecified atom stereocenters. The number of nitrogens with zero attached hydrogens (tertiary/aromatic N) is 1. The number of nitrogens with two attached hydrogens (primary N) is 1. The van der Waals surface area contributed by atoms with Crippen LogP contribution in [0.2, 0.25) is 0 Å². The molecule has 0 bridgehead atoms. The second kappa shape index (κ2) is 5.04. The minimum absolute atomic E-state index is 0.518. The van der Waals surface area contributed by atoms with E-state index in [0.29, 0.717) is 5.76 Å². The highest BCUT2D eigenvalue weighted by Crippen LogP contribution is 1.98. The molecule has 64 valence electrons. The van der Waals surface area contributed by atoms with Gasteiger partial charge in [0.05, 0.1) is 7.11 Å². The van der Waals surface area contributed by atoms with Crippen LogP contribution in [0.25, 0.3) is 0 Å². The van der Waals surface area contributed by atoms with Gasteiger partial charge in [-0.3, -0.25) is 5.73 Å². The highest BCUT2D eigenvalue weighted by molar-refractivity contribution is 6.19. The largest absolute Gasteiger partial charge is 0.497 e. The molecule has 1 atom stereocenters. The summed E-state index contributed by atoms with van der Waals surface area (Å²) in [6, 6.07) is 0. The lowest BCUT2D eigenvalue weighted by Gasteiger charge is -2.15. The number of methoxy groups -OCH3 is 1. The molecule has 0 aromatic heterocycles. The average molecular weight is 177 g/mol. The molecular formula is C7H13ClN2O. The van der Waals surface area contributed by atoms with E-state index in [-0.39, 0.29) is 0 Å². The molecule has 0 spiro atoms. The molecule has 0 aromatic carbocycles. The van der Waals surface area contributed by atoms with E-state index in [0.717, 1.165) is 0 Å². The molecule has 0 saturated carbocycles. The van der Waals surface area contributed by atoms with E-state index in [1.165, 1.54) is 0 Å². The Balaban J connectivity index is 3.82. The van der Waals surface area contributed by atoms with Gasteiger partial charge < -0.3 is 9.64 Å². The Bertz CT molecular complexity index is 157. The lowest BCUT2D eigenvalue weighted by atomic mass is 10.5. The maximum absolute atomic E-state index is 5.54. The van der Waals surface area contributed by atoms with Crippen LogP contribution < -0.4 is 5.73 Å². The fourth-order valence-electron chi connectivity index (χ4n) is 0.351. The van der Waals surface area contributed by atoms with Crippen molar-refractivity contribution in [3.8, 4) is 0 Å². The van der Waals surface area contributed by atoms with E-state index in [1.807, 2.05) is 0 Å². The number of rotatable bonds is 4. The zero-order chi connectivity index (χ0) is 8.85. The molecule has 0 saturated heterocycles. The normalized spacial score (nSPS) is 13.1. The average Bonchev–Trinajstić information content (AvgIpc) is 1.99. The number of hydrogen-bond acceptors (Lipinski definition) is 3. The van der Waals surface area contributed by atoms with Gasteiger partial charge in [0, 0.05) is 13.2 Å².